The summed E-state index contributed by atoms with van der Waals surface area (Å²) in [6.45, 7) is 2.36. The number of rotatable bonds is 5. The Labute approximate surface area is 128 Å². The Balaban J connectivity index is 2.41. The van der Waals surface area contributed by atoms with Crippen molar-refractivity contribution < 1.29 is 8.42 Å². The molecule has 0 aliphatic rings. The minimum Gasteiger partial charge on any atom is -0.325 e. The molecule has 0 spiro atoms. The van der Waals surface area contributed by atoms with Crippen molar-refractivity contribution in [2.45, 2.75) is 25.3 Å². The lowest BCUT2D eigenvalue weighted by molar-refractivity contribution is 0.590. The summed E-state index contributed by atoms with van der Waals surface area (Å²) in [4.78, 5) is 4.49. The van der Waals surface area contributed by atoms with Crippen molar-refractivity contribution in [2.24, 2.45) is 0 Å². The number of fused-ring (bicyclic) bond motifs is 1. The van der Waals surface area contributed by atoms with Gasteiger partial charge in [-0.15, -0.1) is 11.6 Å². The molecule has 4 nitrogen and oxygen atoms in total. The molecule has 0 saturated heterocycles. The first-order chi connectivity index (χ1) is 9.29. The van der Waals surface area contributed by atoms with Gasteiger partial charge in [-0.2, -0.15) is 0 Å². The summed E-state index contributed by atoms with van der Waals surface area (Å²) in [5.74, 6) is 0.844. The summed E-state index contributed by atoms with van der Waals surface area (Å²) in [5.41, 5.74) is 1.59. The fourth-order valence-corrected chi connectivity index (χ4v) is 3.27. The number of halogens is 2. The molecule has 0 fully saturated rings. The first-order valence-electron chi connectivity index (χ1n) is 6.26. The molecular formula is C13H16Cl2N2O2S. The van der Waals surface area contributed by atoms with Crippen LogP contribution in [0.4, 0.5) is 0 Å². The van der Waals surface area contributed by atoms with Gasteiger partial charge in [-0.1, -0.05) is 17.7 Å². The standard InChI is InChI=1S/C13H16Cl2N2O2S/c1-9(14)13-16-11-6-3-5-10(15)12(11)17(13)7-4-8-20(2,18)19/h3,5-6,9H,4,7-8H2,1-2H3. The second-order valence-electron chi connectivity index (χ2n) is 4.83. The van der Waals surface area contributed by atoms with E-state index in [1.807, 2.05) is 23.6 Å². The van der Waals surface area contributed by atoms with E-state index < -0.39 is 9.84 Å². The van der Waals surface area contributed by atoms with Crippen LogP contribution in [0.5, 0.6) is 0 Å². The summed E-state index contributed by atoms with van der Waals surface area (Å²) in [6, 6.07) is 5.50. The zero-order valence-electron chi connectivity index (χ0n) is 11.3. The number of benzene rings is 1. The Hall–Kier alpha value is -0.780. The maximum Gasteiger partial charge on any atom is 0.147 e. The molecule has 110 valence electrons. The zero-order chi connectivity index (χ0) is 14.9. The first-order valence-corrected chi connectivity index (χ1v) is 9.13. The second-order valence-corrected chi connectivity index (χ2v) is 8.15. The van der Waals surface area contributed by atoms with Crippen LogP contribution >= 0.6 is 23.2 Å². The van der Waals surface area contributed by atoms with Crippen LogP contribution in [-0.2, 0) is 16.4 Å². The molecule has 1 unspecified atom stereocenters. The normalized spacial score (nSPS) is 13.8. The second kappa shape index (κ2) is 5.92. The third kappa shape index (κ3) is 3.45. The van der Waals surface area contributed by atoms with Gasteiger partial charge >= 0.3 is 0 Å². The van der Waals surface area contributed by atoms with Crippen molar-refractivity contribution in [3.05, 3.63) is 29.0 Å². The molecule has 1 aromatic carbocycles. The summed E-state index contributed by atoms with van der Waals surface area (Å²) in [7, 11) is -2.97. The largest absolute Gasteiger partial charge is 0.325 e. The Morgan fingerprint density at radius 3 is 2.70 bits per heavy atom. The number of sulfone groups is 1. The predicted molar refractivity (Wildman–Crippen MR) is 83.3 cm³/mol. The molecule has 0 bridgehead atoms. The number of alkyl halides is 1. The summed E-state index contributed by atoms with van der Waals surface area (Å²) >= 11 is 12.4. The fourth-order valence-electron chi connectivity index (χ4n) is 2.17. The van der Waals surface area contributed by atoms with Crippen molar-refractivity contribution in [1.82, 2.24) is 9.55 Å². The predicted octanol–water partition coefficient (Wildman–Crippen LogP) is 3.42. The Kier molecular flexibility index (Phi) is 4.62. The van der Waals surface area contributed by atoms with Gasteiger partial charge in [0.2, 0.25) is 0 Å². The summed E-state index contributed by atoms with van der Waals surface area (Å²) in [5, 5.41) is 0.328. The van der Waals surface area contributed by atoms with E-state index in [1.165, 1.54) is 6.26 Å². The molecule has 0 saturated carbocycles. The average molecular weight is 335 g/mol. The molecule has 1 aromatic heterocycles. The molecule has 20 heavy (non-hydrogen) atoms. The van der Waals surface area contributed by atoms with Gasteiger partial charge in [0.1, 0.15) is 15.7 Å². The molecule has 0 amide bonds. The van der Waals surface area contributed by atoms with Gasteiger partial charge in [0.25, 0.3) is 0 Å². The molecule has 1 heterocycles. The maximum atomic E-state index is 11.2. The highest BCUT2D eigenvalue weighted by Crippen LogP contribution is 2.29. The van der Waals surface area contributed by atoms with Crippen molar-refractivity contribution in [1.29, 1.82) is 0 Å². The van der Waals surface area contributed by atoms with E-state index >= 15 is 0 Å². The molecule has 0 radical (unpaired) electrons. The summed E-state index contributed by atoms with van der Waals surface area (Å²) < 4.78 is 24.4. The van der Waals surface area contributed by atoms with Crippen LogP contribution < -0.4 is 0 Å². The van der Waals surface area contributed by atoms with E-state index in [0.717, 1.165) is 11.0 Å². The number of para-hydroxylation sites is 1. The number of aryl methyl sites for hydroxylation is 1. The highest BCUT2D eigenvalue weighted by atomic mass is 35.5. The highest BCUT2D eigenvalue weighted by Gasteiger charge is 2.17. The van der Waals surface area contributed by atoms with Crippen molar-refractivity contribution >= 4 is 44.1 Å². The van der Waals surface area contributed by atoms with Gasteiger partial charge in [-0.25, -0.2) is 13.4 Å². The van der Waals surface area contributed by atoms with Crippen molar-refractivity contribution in [3.8, 4) is 0 Å². The number of nitrogens with zero attached hydrogens (tertiary/aromatic N) is 2. The van der Waals surface area contributed by atoms with Crippen LogP contribution in [0.2, 0.25) is 5.02 Å². The van der Waals surface area contributed by atoms with Crippen LogP contribution in [0.3, 0.4) is 0 Å². The minimum atomic E-state index is -2.97. The SMILES string of the molecule is CC(Cl)c1nc2cccc(Cl)c2n1CCCS(C)(=O)=O. The Morgan fingerprint density at radius 2 is 2.10 bits per heavy atom. The Bertz CT molecular complexity index is 723. The van der Waals surface area contributed by atoms with E-state index in [-0.39, 0.29) is 11.1 Å². The number of hydrogen-bond acceptors (Lipinski definition) is 3. The lowest BCUT2D eigenvalue weighted by Crippen LogP contribution is -2.10. The first kappa shape index (κ1) is 15.6. The maximum absolute atomic E-state index is 11.2. The van der Waals surface area contributed by atoms with Crippen molar-refractivity contribution in [2.75, 3.05) is 12.0 Å². The molecule has 7 heteroatoms. The molecule has 0 aliphatic carbocycles. The van der Waals surface area contributed by atoms with Crippen LogP contribution in [0.1, 0.15) is 24.5 Å². The highest BCUT2D eigenvalue weighted by molar-refractivity contribution is 7.90. The number of aromatic nitrogens is 2. The van der Waals surface area contributed by atoms with Gasteiger partial charge in [0.15, 0.2) is 0 Å². The zero-order valence-corrected chi connectivity index (χ0v) is 13.6. The van der Waals surface area contributed by atoms with E-state index in [9.17, 15) is 8.42 Å². The van der Waals surface area contributed by atoms with Crippen LogP contribution in [0.15, 0.2) is 18.2 Å². The molecule has 2 aromatic rings. The quantitative estimate of drug-likeness (QED) is 0.787. The van der Waals surface area contributed by atoms with Gasteiger partial charge in [-0.3, -0.25) is 0 Å². The smallest absolute Gasteiger partial charge is 0.147 e. The number of imidazole rings is 1. The van der Waals surface area contributed by atoms with Crippen LogP contribution in [0.25, 0.3) is 11.0 Å². The van der Waals surface area contributed by atoms with E-state index in [4.69, 9.17) is 23.2 Å². The van der Waals surface area contributed by atoms with Crippen LogP contribution in [0, 0.1) is 0 Å². The van der Waals surface area contributed by atoms with Crippen LogP contribution in [-0.4, -0.2) is 30.0 Å². The van der Waals surface area contributed by atoms with Gasteiger partial charge in [0.05, 0.1) is 27.2 Å². The van der Waals surface area contributed by atoms with Crippen molar-refractivity contribution in [3.63, 3.8) is 0 Å². The molecule has 0 aliphatic heterocycles. The van der Waals surface area contributed by atoms with E-state index in [2.05, 4.69) is 4.98 Å². The van der Waals surface area contributed by atoms with E-state index in [1.54, 1.807) is 6.07 Å². The molecule has 2 rings (SSSR count). The lowest BCUT2D eigenvalue weighted by Gasteiger charge is -2.10. The average Bonchev–Trinajstić information content (AvgIpc) is 2.68. The van der Waals surface area contributed by atoms with E-state index in [0.29, 0.717) is 23.8 Å². The minimum absolute atomic E-state index is 0.132. The topological polar surface area (TPSA) is 52.0 Å². The lowest BCUT2D eigenvalue weighted by atomic mass is 10.3. The summed E-state index contributed by atoms with van der Waals surface area (Å²) in [6.07, 6.45) is 1.74. The fraction of sp³-hybridized carbons (Fsp3) is 0.462. The number of hydrogen-bond donors (Lipinski definition) is 0. The molecular weight excluding hydrogens is 319 g/mol. The van der Waals surface area contributed by atoms with Gasteiger partial charge in [-0.05, 0) is 25.5 Å². The third-order valence-corrected chi connectivity index (χ3v) is 4.53. The molecule has 0 N–H and O–H groups in total. The van der Waals surface area contributed by atoms with Gasteiger partial charge in [0, 0.05) is 12.8 Å². The van der Waals surface area contributed by atoms with Gasteiger partial charge < -0.3 is 4.57 Å². The third-order valence-electron chi connectivity index (χ3n) is 3.00. The molecule has 1 atom stereocenters. The Morgan fingerprint density at radius 1 is 1.40 bits per heavy atom. The monoisotopic (exact) mass is 334 g/mol.